The molecule has 0 unspecified atom stereocenters. The van der Waals surface area contributed by atoms with Crippen LogP contribution in [0.25, 0.3) is 21.8 Å². The molecule has 3 rings (SSSR count). The molecule has 0 aliphatic heterocycles. The van der Waals surface area contributed by atoms with E-state index >= 15 is 0 Å². The number of aromatic nitrogens is 3. The van der Waals surface area contributed by atoms with Gasteiger partial charge in [0.25, 0.3) is 0 Å². The minimum absolute atomic E-state index is 0. The molecule has 0 bridgehead atoms. The Labute approximate surface area is 122 Å². The molecule has 3 N–H and O–H groups in total. The van der Waals surface area contributed by atoms with Crippen molar-refractivity contribution in [3.05, 3.63) is 30.0 Å². The van der Waals surface area contributed by atoms with Crippen molar-refractivity contribution in [2.75, 3.05) is 5.73 Å². The van der Waals surface area contributed by atoms with Crippen molar-refractivity contribution in [2.24, 2.45) is 5.92 Å². The number of anilines is 1. The predicted octanol–water partition coefficient (Wildman–Crippen LogP) is 3.47. The maximum Gasteiger partial charge on any atom is 0.152 e. The molecule has 100 valence electrons. The maximum absolute atomic E-state index is 5.97. The molecule has 0 fully saturated rings. The number of fused-ring (bicyclic) bond motifs is 3. The van der Waals surface area contributed by atoms with Crippen LogP contribution in [-0.4, -0.2) is 15.2 Å². The standard InChI is InChI=1S/C14H16N4.BrH/c1-8(2)7-11-12-9-5-3-4-6-10(9)16-14(15)13(12)18-17-11;/h3-6,8H,7H2,1-2H3,(H2,15,16)(H,17,18);1H. The summed E-state index contributed by atoms with van der Waals surface area (Å²) in [4.78, 5) is 4.39. The van der Waals surface area contributed by atoms with Crippen LogP contribution in [0.2, 0.25) is 0 Å². The molecule has 0 radical (unpaired) electrons. The van der Waals surface area contributed by atoms with E-state index in [4.69, 9.17) is 5.73 Å². The van der Waals surface area contributed by atoms with E-state index < -0.39 is 0 Å². The lowest BCUT2D eigenvalue weighted by Crippen LogP contribution is -1.96. The van der Waals surface area contributed by atoms with E-state index in [2.05, 4.69) is 35.1 Å². The zero-order valence-corrected chi connectivity index (χ0v) is 12.7. The molecule has 0 aliphatic carbocycles. The molecule has 0 spiro atoms. The fourth-order valence-corrected chi connectivity index (χ4v) is 2.37. The van der Waals surface area contributed by atoms with Gasteiger partial charge >= 0.3 is 0 Å². The van der Waals surface area contributed by atoms with Crippen LogP contribution in [0, 0.1) is 5.92 Å². The van der Waals surface area contributed by atoms with Crippen molar-refractivity contribution in [1.82, 2.24) is 15.2 Å². The Bertz CT molecular complexity index is 718. The second-order valence-electron chi connectivity index (χ2n) is 5.04. The second kappa shape index (κ2) is 5.17. The van der Waals surface area contributed by atoms with Crippen LogP contribution in [0.5, 0.6) is 0 Å². The van der Waals surface area contributed by atoms with Crippen LogP contribution in [0.15, 0.2) is 24.3 Å². The fraction of sp³-hybridized carbons (Fsp3) is 0.286. The first kappa shape index (κ1) is 13.8. The molecule has 4 nitrogen and oxygen atoms in total. The monoisotopic (exact) mass is 320 g/mol. The number of benzene rings is 1. The number of para-hydroxylation sites is 1. The van der Waals surface area contributed by atoms with Crippen LogP contribution < -0.4 is 5.73 Å². The largest absolute Gasteiger partial charge is 0.382 e. The third-order valence-corrected chi connectivity index (χ3v) is 3.11. The molecule has 5 heteroatoms. The van der Waals surface area contributed by atoms with E-state index in [1.165, 1.54) is 0 Å². The van der Waals surface area contributed by atoms with E-state index in [1.807, 2.05) is 18.2 Å². The minimum Gasteiger partial charge on any atom is -0.382 e. The number of pyridine rings is 1. The first-order valence-electron chi connectivity index (χ1n) is 6.18. The third-order valence-electron chi connectivity index (χ3n) is 3.11. The Morgan fingerprint density at radius 2 is 2.00 bits per heavy atom. The van der Waals surface area contributed by atoms with E-state index in [0.29, 0.717) is 11.7 Å². The number of rotatable bonds is 2. The number of nitrogens with one attached hydrogen (secondary N) is 1. The highest BCUT2D eigenvalue weighted by molar-refractivity contribution is 8.93. The molecule has 0 saturated carbocycles. The summed E-state index contributed by atoms with van der Waals surface area (Å²) < 4.78 is 0. The average Bonchev–Trinajstić information content (AvgIpc) is 2.73. The van der Waals surface area contributed by atoms with Crippen molar-refractivity contribution in [1.29, 1.82) is 0 Å². The van der Waals surface area contributed by atoms with Gasteiger partial charge in [-0.1, -0.05) is 32.0 Å². The Balaban J connectivity index is 0.00000133. The highest BCUT2D eigenvalue weighted by Crippen LogP contribution is 2.29. The first-order valence-corrected chi connectivity index (χ1v) is 6.18. The molecule has 0 atom stereocenters. The van der Waals surface area contributed by atoms with E-state index in [0.717, 1.165) is 33.9 Å². The quantitative estimate of drug-likeness (QED) is 0.759. The third kappa shape index (κ3) is 2.30. The molecule has 2 aromatic heterocycles. The smallest absolute Gasteiger partial charge is 0.152 e. The molecular weight excluding hydrogens is 304 g/mol. The Morgan fingerprint density at radius 3 is 2.74 bits per heavy atom. The second-order valence-corrected chi connectivity index (χ2v) is 5.04. The van der Waals surface area contributed by atoms with E-state index in [9.17, 15) is 0 Å². The number of hydrogen-bond donors (Lipinski definition) is 2. The van der Waals surface area contributed by atoms with Gasteiger partial charge < -0.3 is 5.73 Å². The molecule has 19 heavy (non-hydrogen) atoms. The van der Waals surface area contributed by atoms with Gasteiger partial charge in [-0.25, -0.2) is 4.98 Å². The molecular formula is C14H17BrN4. The van der Waals surface area contributed by atoms with Crippen LogP contribution in [0.1, 0.15) is 19.5 Å². The summed E-state index contributed by atoms with van der Waals surface area (Å²) in [7, 11) is 0. The van der Waals surface area contributed by atoms with Gasteiger partial charge in [-0.05, 0) is 18.4 Å². The van der Waals surface area contributed by atoms with Crippen molar-refractivity contribution in [2.45, 2.75) is 20.3 Å². The van der Waals surface area contributed by atoms with Gasteiger partial charge in [0.1, 0.15) is 5.52 Å². The summed E-state index contributed by atoms with van der Waals surface area (Å²) in [6.07, 6.45) is 0.962. The minimum atomic E-state index is 0. The highest BCUT2D eigenvalue weighted by atomic mass is 79.9. The topological polar surface area (TPSA) is 67.6 Å². The average molecular weight is 321 g/mol. The number of aromatic amines is 1. The van der Waals surface area contributed by atoms with Crippen molar-refractivity contribution in [3.8, 4) is 0 Å². The van der Waals surface area contributed by atoms with Gasteiger partial charge in [0, 0.05) is 16.5 Å². The normalized spacial score (nSPS) is 11.1. The summed E-state index contributed by atoms with van der Waals surface area (Å²) in [5.41, 5.74) is 8.82. The summed E-state index contributed by atoms with van der Waals surface area (Å²) in [5.74, 6) is 1.07. The molecule has 0 aliphatic rings. The zero-order valence-electron chi connectivity index (χ0n) is 11.0. The Morgan fingerprint density at radius 1 is 1.26 bits per heavy atom. The summed E-state index contributed by atoms with van der Waals surface area (Å²) in [5, 5.41) is 9.65. The van der Waals surface area contributed by atoms with Crippen LogP contribution >= 0.6 is 17.0 Å². The number of hydrogen-bond acceptors (Lipinski definition) is 3. The van der Waals surface area contributed by atoms with Crippen LogP contribution in [0.3, 0.4) is 0 Å². The zero-order chi connectivity index (χ0) is 12.7. The highest BCUT2D eigenvalue weighted by Gasteiger charge is 2.14. The van der Waals surface area contributed by atoms with E-state index in [1.54, 1.807) is 0 Å². The molecule has 1 aromatic carbocycles. The lowest BCUT2D eigenvalue weighted by molar-refractivity contribution is 0.636. The van der Waals surface area contributed by atoms with Crippen molar-refractivity contribution >= 4 is 44.6 Å². The maximum atomic E-state index is 5.97. The van der Waals surface area contributed by atoms with Gasteiger partial charge in [-0.3, -0.25) is 5.10 Å². The van der Waals surface area contributed by atoms with Crippen LogP contribution in [-0.2, 0) is 6.42 Å². The van der Waals surface area contributed by atoms with Gasteiger partial charge in [-0.2, -0.15) is 5.10 Å². The molecule has 0 saturated heterocycles. The Hall–Kier alpha value is -1.62. The number of nitrogens with two attached hydrogens (primary N) is 1. The number of H-pyrrole nitrogens is 1. The lowest BCUT2D eigenvalue weighted by Gasteiger charge is -2.05. The molecule has 2 heterocycles. The summed E-state index contributed by atoms with van der Waals surface area (Å²) >= 11 is 0. The first-order chi connectivity index (χ1) is 8.66. The number of nitrogen functional groups attached to an aromatic ring is 1. The number of halogens is 1. The van der Waals surface area contributed by atoms with Crippen molar-refractivity contribution < 1.29 is 0 Å². The van der Waals surface area contributed by atoms with Crippen molar-refractivity contribution in [3.63, 3.8) is 0 Å². The summed E-state index contributed by atoms with van der Waals surface area (Å²) in [6.45, 7) is 4.39. The van der Waals surface area contributed by atoms with Crippen LogP contribution in [0.4, 0.5) is 5.82 Å². The Kier molecular flexibility index (Phi) is 3.75. The number of nitrogens with zero attached hydrogens (tertiary/aromatic N) is 2. The van der Waals surface area contributed by atoms with Gasteiger partial charge in [0.05, 0.1) is 5.52 Å². The molecule has 0 amide bonds. The van der Waals surface area contributed by atoms with E-state index in [-0.39, 0.29) is 17.0 Å². The fourth-order valence-electron chi connectivity index (χ4n) is 2.37. The lowest BCUT2D eigenvalue weighted by atomic mass is 10.0. The van der Waals surface area contributed by atoms with Gasteiger partial charge in [-0.15, -0.1) is 17.0 Å². The van der Waals surface area contributed by atoms with Gasteiger partial charge in [0.2, 0.25) is 0 Å². The van der Waals surface area contributed by atoms with Gasteiger partial charge in [0.15, 0.2) is 5.82 Å². The molecule has 3 aromatic rings. The summed E-state index contributed by atoms with van der Waals surface area (Å²) in [6, 6.07) is 8.05. The SMILES string of the molecule is Br.CC(C)Cc1[nH]nc2c(N)nc3ccccc3c12. The predicted molar refractivity (Wildman–Crippen MR) is 84.7 cm³/mol.